The number of carbonyl (C=O) groups excluding carboxylic acids is 1. The predicted octanol–water partition coefficient (Wildman–Crippen LogP) is 2.33. The van der Waals surface area contributed by atoms with Gasteiger partial charge in [0.2, 0.25) is 5.91 Å². The summed E-state index contributed by atoms with van der Waals surface area (Å²) in [5.74, 6) is -0.299. The summed E-state index contributed by atoms with van der Waals surface area (Å²) in [4.78, 5) is 30.2. The lowest BCUT2D eigenvalue weighted by Gasteiger charge is -2.36. The number of amides is 1. The van der Waals surface area contributed by atoms with E-state index in [-0.39, 0.29) is 12.5 Å². The Morgan fingerprint density at radius 3 is 2.82 bits per heavy atom. The lowest BCUT2D eigenvalue weighted by Crippen LogP contribution is -2.48. The number of carbonyl (C=O) groups is 1. The normalized spacial score (nSPS) is 16.2. The summed E-state index contributed by atoms with van der Waals surface area (Å²) in [6.45, 7) is 2.51. The molecule has 3 rings (SSSR count). The van der Waals surface area contributed by atoms with Crippen molar-refractivity contribution in [2.24, 2.45) is 0 Å². The number of piperazine rings is 1. The van der Waals surface area contributed by atoms with Crippen LogP contribution in [0.25, 0.3) is 11.1 Å². The zero-order valence-corrected chi connectivity index (χ0v) is 16.0. The van der Waals surface area contributed by atoms with Gasteiger partial charge in [0, 0.05) is 49.5 Å². The van der Waals surface area contributed by atoms with Gasteiger partial charge in [0.1, 0.15) is 6.67 Å². The fourth-order valence-electron chi connectivity index (χ4n) is 3.14. The first kappa shape index (κ1) is 20.2. The van der Waals surface area contributed by atoms with Gasteiger partial charge in [0.15, 0.2) is 5.58 Å². The molecule has 1 saturated heterocycles. The Bertz CT molecular complexity index is 929. The van der Waals surface area contributed by atoms with Crippen LogP contribution in [-0.4, -0.2) is 66.0 Å². The number of aromatic nitrogens is 1. The van der Waals surface area contributed by atoms with Gasteiger partial charge in [-0.05, 0) is 24.3 Å². The molecule has 1 amide bonds. The monoisotopic (exact) mass is 408 g/mol. The Labute approximate surface area is 166 Å². The first-order valence-corrected chi connectivity index (χ1v) is 9.51. The quantitative estimate of drug-likeness (QED) is 0.543. The second-order valence-corrected chi connectivity index (χ2v) is 6.69. The lowest BCUT2D eigenvalue weighted by atomic mass is 10.2. The van der Waals surface area contributed by atoms with Crippen molar-refractivity contribution in [2.75, 3.05) is 50.6 Å². The second-order valence-electron chi connectivity index (χ2n) is 6.38. The van der Waals surface area contributed by atoms with Crippen molar-refractivity contribution >= 4 is 34.3 Å². The van der Waals surface area contributed by atoms with E-state index in [9.17, 15) is 14.0 Å². The zero-order valence-electron chi connectivity index (χ0n) is 15.3. The molecule has 0 spiro atoms. The number of nitrogens with one attached hydrogen (secondary N) is 2. The van der Waals surface area contributed by atoms with Crippen LogP contribution in [0.1, 0.15) is 0 Å². The van der Waals surface area contributed by atoms with Crippen LogP contribution >= 0.6 is 11.6 Å². The number of rotatable bonds is 7. The molecule has 0 bridgehead atoms. The first-order chi connectivity index (χ1) is 13.6. The number of hydrogen-bond acceptors (Lipinski definition) is 5. The van der Waals surface area contributed by atoms with Crippen LogP contribution in [0.4, 0.5) is 10.1 Å². The molecular formula is C19H22ClFN4O3. The maximum Gasteiger partial charge on any atom is 0.417 e. The standard InChI is InChI=1S/C19H22ClFN4O3/c20-6-1-2-15(5-7-21)25-10-8-24(9-11-25)13-18(26)22-14-3-4-16-17(12-14)28-19(27)23-16/h1-5,12H,6-11,13H2,(H,22,26)(H,23,27)/b2-1-,15-5+. The fourth-order valence-corrected chi connectivity index (χ4v) is 3.23. The molecule has 7 nitrogen and oxygen atoms in total. The molecule has 2 N–H and O–H groups in total. The summed E-state index contributed by atoms with van der Waals surface area (Å²) in [6.07, 6.45) is 5.14. The average Bonchev–Trinajstić information content (AvgIpc) is 3.05. The van der Waals surface area contributed by atoms with E-state index in [1.54, 1.807) is 24.3 Å². The van der Waals surface area contributed by atoms with Crippen molar-refractivity contribution in [3.05, 3.63) is 52.7 Å². The number of aromatic amines is 1. The molecule has 1 aliphatic rings. The van der Waals surface area contributed by atoms with Crippen LogP contribution in [0.3, 0.4) is 0 Å². The molecule has 9 heteroatoms. The number of oxazole rings is 1. The van der Waals surface area contributed by atoms with Crippen LogP contribution in [0.2, 0.25) is 0 Å². The number of fused-ring (bicyclic) bond motifs is 1. The van der Waals surface area contributed by atoms with Crippen molar-refractivity contribution in [3.8, 4) is 0 Å². The lowest BCUT2D eigenvalue weighted by molar-refractivity contribution is -0.117. The molecule has 0 atom stereocenters. The highest BCUT2D eigenvalue weighted by molar-refractivity contribution is 6.18. The smallest absolute Gasteiger partial charge is 0.408 e. The summed E-state index contributed by atoms with van der Waals surface area (Å²) < 4.78 is 17.7. The molecule has 0 aliphatic carbocycles. The molecule has 2 aromatic rings. The van der Waals surface area contributed by atoms with Crippen molar-refractivity contribution in [1.82, 2.24) is 14.8 Å². The van der Waals surface area contributed by atoms with E-state index in [4.69, 9.17) is 16.0 Å². The SMILES string of the molecule is O=C(CN1CCN(C(/C=C\CCl)=C/CF)CC1)Nc1ccc2[nH]c(=O)oc2c1. The van der Waals surface area contributed by atoms with Gasteiger partial charge in [-0.15, -0.1) is 11.6 Å². The van der Waals surface area contributed by atoms with Crippen molar-refractivity contribution in [1.29, 1.82) is 0 Å². The summed E-state index contributed by atoms with van der Waals surface area (Å²) in [6, 6.07) is 5.00. The van der Waals surface area contributed by atoms with Crippen molar-refractivity contribution in [3.63, 3.8) is 0 Å². The molecule has 150 valence electrons. The van der Waals surface area contributed by atoms with E-state index < -0.39 is 12.4 Å². The number of anilines is 1. The third kappa shape index (κ3) is 5.24. The highest BCUT2D eigenvalue weighted by Crippen LogP contribution is 2.16. The number of alkyl halides is 2. The van der Waals surface area contributed by atoms with Crippen LogP contribution in [-0.2, 0) is 4.79 Å². The van der Waals surface area contributed by atoms with Crippen LogP contribution in [0.5, 0.6) is 0 Å². The minimum Gasteiger partial charge on any atom is -0.408 e. The van der Waals surface area contributed by atoms with Gasteiger partial charge in [-0.2, -0.15) is 0 Å². The number of halogens is 2. The number of H-pyrrole nitrogens is 1. The van der Waals surface area contributed by atoms with E-state index >= 15 is 0 Å². The van der Waals surface area contributed by atoms with Crippen molar-refractivity contribution in [2.45, 2.75) is 0 Å². The zero-order chi connectivity index (χ0) is 19.9. The molecule has 1 aromatic carbocycles. The summed E-state index contributed by atoms with van der Waals surface area (Å²) in [5.41, 5.74) is 2.36. The highest BCUT2D eigenvalue weighted by atomic mass is 35.5. The third-order valence-corrected chi connectivity index (χ3v) is 4.65. The van der Waals surface area contributed by atoms with Gasteiger partial charge in [0.25, 0.3) is 0 Å². The van der Waals surface area contributed by atoms with Crippen LogP contribution in [0, 0.1) is 0 Å². The minimum absolute atomic E-state index is 0.146. The van der Waals surface area contributed by atoms with Crippen LogP contribution < -0.4 is 11.1 Å². The van der Waals surface area contributed by atoms with Gasteiger partial charge in [0.05, 0.1) is 12.1 Å². The van der Waals surface area contributed by atoms with Crippen LogP contribution in [0.15, 0.2) is 51.3 Å². The summed E-state index contributed by atoms with van der Waals surface area (Å²) in [7, 11) is 0. The molecule has 1 aromatic heterocycles. The summed E-state index contributed by atoms with van der Waals surface area (Å²) >= 11 is 5.66. The Hall–Kier alpha value is -2.58. The third-order valence-electron chi connectivity index (χ3n) is 4.47. The minimum atomic E-state index is -0.532. The van der Waals surface area contributed by atoms with Crippen molar-refractivity contribution < 1.29 is 13.6 Å². The Morgan fingerprint density at radius 2 is 2.11 bits per heavy atom. The largest absolute Gasteiger partial charge is 0.417 e. The molecule has 0 radical (unpaired) electrons. The highest BCUT2D eigenvalue weighted by Gasteiger charge is 2.19. The van der Waals surface area contributed by atoms with Gasteiger partial charge in [-0.3, -0.25) is 14.7 Å². The molecule has 28 heavy (non-hydrogen) atoms. The van der Waals surface area contributed by atoms with Gasteiger partial charge in [-0.25, -0.2) is 9.18 Å². The van der Waals surface area contributed by atoms with Gasteiger partial charge >= 0.3 is 5.76 Å². The maximum absolute atomic E-state index is 12.7. The Morgan fingerprint density at radius 1 is 1.32 bits per heavy atom. The number of benzene rings is 1. The van der Waals surface area contributed by atoms with E-state index in [1.807, 2.05) is 11.0 Å². The van der Waals surface area contributed by atoms with Gasteiger partial charge in [-0.1, -0.05) is 6.08 Å². The van der Waals surface area contributed by atoms with E-state index in [0.29, 0.717) is 48.8 Å². The Balaban J connectivity index is 1.52. The maximum atomic E-state index is 12.7. The van der Waals surface area contributed by atoms with E-state index in [0.717, 1.165) is 5.70 Å². The topological polar surface area (TPSA) is 81.6 Å². The van der Waals surface area contributed by atoms with E-state index in [2.05, 4.69) is 15.2 Å². The average molecular weight is 409 g/mol. The Kier molecular flexibility index (Phi) is 6.89. The predicted molar refractivity (Wildman–Crippen MR) is 107 cm³/mol. The summed E-state index contributed by atoms with van der Waals surface area (Å²) in [5, 5.41) is 2.82. The molecule has 1 aliphatic heterocycles. The molecule has 1 fully saturated rings. The molecule has 2 heterocycles. The molecule has 0 saturated carbocycles. The van der Waals surface area contributed by atoms with E-state index in [1.165, 1.54) is 6.08 Å². The number of hydrogen-bond donors (Lipinski definition) is 2. The number of nitrogens with zero attached hydrogens (tertiary/aromatic N) is 2. The molecular weight excluding hydrogens is 387 g/mol. The van der Waals surface area contributed by atoms with Gasteiger partial charge < -0.3 is 14.6 Å². The second kappa shape index (κ2) is 9.57. The first-order valence-electron chi connectivity index (χ1n) is 8.97. The molecule has 0 unspecified atom stereocenters. The number of allylic oxidation sites excluding steroid dienone is 3. The fraction of sp³-hybridized carbons (Fsp3) is 0.368.